The van der Waals surface area contributed by atoms with Gasteiger partial charge < -0.3 is 25.3 Å². The Kier molecular flexibility index (Phi) is 8.51. The maximum atomic E-state index is 11.9. The van der Waals surface area contributed by atoms with Crippen LogP contribution in [0.1, 0.15) is 32.3 Å². The number of benzene rings is 1. The number of anilines is 1. The summed E-state index contributed by atoms with van der Waals surface area (Å²) in [5, 5.41) is 6.85. The summed E-state index contributed by atoms with van der Waals surface area (Å²) in [5.74, 6) is 1.62. The van der Waals surface area contributed by atoms with Gasteiger partial charge in [0.25, 0.3) is 0 Å². The molecule has 0 aromatic heterocycles. The van der Waals surface area contributed by atoms with Gasteiger partial charge in [-0.05, 0) is 36.6 Å². The van der Waals surface area contributed by atoms with Crippen molar-refractivity contribution < 1.29 is 4.79 Å². The third-order valence-electron chi connectivity index (χ3n) is 6.10. The lowest BCUT2D eigenvalue weighted by Gasteiger charge is -2.35. The lowest BCUT2D eigenvalue weighted by molar-refractivity contribution is -0.117. The Morgan fingerprint density at radius 2 is 1.77 bits per heavy atom. The summed E-state index contributed by atoms with van der Waals surface area (Å²) in [6.45, 7) is 14.0. The van der Waals surface area contributed by atoms with Crippen molar-refractivity contribution in [2.45, 2.75) is 33.2 Å². The first kappa shape index (κ1) is 22.6. The second kappa shape index (κ2) is 11.3. The Bertz CT molecular complexity index is 696. The molecule has 2 aliphatic heterocycles. The van der Waals surface area contributed by atoms with Crippen molar-refractivity contribution in [1.82, 2.24) is 20.4 Å². The second-order valence-electron chi connectivity index (χ2n) is 8.46. The van der Waals surface area contributed by atoms with Gasteiger partial charge in [0.15, 0.2) is 5.96 Å². The van der Waals surface area contributed by atoms with Crippen molar-refractivity contribution >= 4 is 17.6 Å². The predicted molar refractivity (Wildman–Crippen MR) is 124 cm³/mol. The minimum atomic E-state index is 0.229. The molecule has 7 nitrogen and oxygen atoms in total. The molecule has 1 unspecified atom stereocenters. The quantitative estimate of drug-likeness (QED) is 0.501. The minimum Gasteiger partial charge on any atom is -0.356 e. The summed E-state index contributed by atoms with van der Waals surface area (Å²) >= 11 is 0. The zero-order chi connectivity index (χ0) is 21.3. The maximum absolute atomic E-state index is 11.9. The average molecular weight is 415 g/mol. The van der Waals surface area contributed by atoms with Crippen LogP contribution in [0.25, 0.3) is 0 Å². The summed E-state index contributed by atoms with van der Waals surface area (Å²) in [4.78, 5) is 23.2. The van der Waals surface area contributed by atoms with Crippen LogP contribution >= 0.6 is 0 Å². The fourth-order valence-corrected chi connectivity index (χ4v) is 4.19. The van der Waals surface area contributed by atoms with E-state index in [1.807, 2.05) is 24.1 Å². The smallest absolute Gasteiger partial charge is 0.227 e. The van der Waals surface area contributed by atoms with Crippen LogP contribution in [0.5, 0.6) is 0 Å². The highest BCUT2D eigenvalue weighted by atomic mass is 16.2. The van der Waals surface area contributed by atoms with E-state index in [9.17, 15) is 4.79 Å². The number of aliphatic imine (C=N–C) groups is 1. The van der Waals surface area contributed by atoms with Crippen molar-refractivity contribution in [2.24, 2.45) is 10.9 Å². The first-order valence-electron chi connectivity index (χ1n) is 11.4. The molecule has 1 aromatic rings. The first-order chi connectivity index (χ1) is 14.6. The molecule has 0 saturated carbocycles. The summed E-state index contributed by atoms with van der Waals surface area (Å²) < 4.78 is 0. The summed E-state index contributed by atoms with van der Waals surface area (Å²) in [6.07, 6.45) is 1.62. The van der Waals surface area contributed by atoms with Crippen molar-refractivity contribution in [3.63, 3.8) is 0 Å². The monoisotopic (exact) mass is 414 g/mol. The number of hydrogen-bond acceptors (Lipinski definition) is 4. The number of carbonyl (C=O) groups excluding carboxylic acids is 1. The molecule has 0 aliphatic carbocycles. The molecule has 166 valence electrons. The highest BCUT2D eigenvalue weighted by molar-refractivity contribution is 5.95. The van der Waals surface area contributed by atoms with Crippen LogP contribution < -0.4 is 15.5 Å². The number of piperazine rings is 1. The average Bonchev–Trinajstić information content (AvgIpc) is 3.20. The van der Waals surface area contributed by atoms with E-state index in [2.05, 4.69) is 51.4 Å². The molecule has 2 fully saturated rings. The number of nitrogens with zero attached hydrogens (tertiary/aromatic N) is 4. The van der Waals surface area contributed by atoms with Crippen LogP contribution in [0.15, 0.2) is 29.3 Å². The second-order valence-corrected chi connectivity index (χ2v) is 8.46. The number of nitrogens with one attached hydrogen (secondary N) is 2. The van der Waals surface area contributed by atoms with E-state index in [1.165, 1.54) is 31.7 Å². The third kappa shape index (κ3) is 6.44. The maximum Gasteiger partial charge on any atom is 0.227 e. The van der Waals surface area contributed by atoms with E-state index in [4.69, 9.17) is 0 Å². The molecule has 2 aliphatic rings. The van der Waals surface area contributed by atoms with Crippen molar-refractivity contribution in [3.8, 4) is 0 Å². The fraction of sp³-hybridized carbons (Fsp3) is 0.652. The highest BCUT2D eigenvalue weighted by Crippen LogP contribution is 2.21. The first-order valence-corrected chi connectivity index (χ1v) is 11.4. The van der Waals surface area contributed by atoms with Gasteiger partial charge >= 0.3 is 0 Å². The molecule has 1 atom stereocenters. The molecule has 0 spiro atoms. The molecular weight excluding hydrogens is 376 g/mol. The van der Waals surface area contributed by atoms with Gasteiger partial charge in [-0.25, -0.2) is 0 Å². The van der Waals surface area contributed by atoms with Gasteiger partial charge in [-0.3, -0.25) is 9.79 Å². The molecule has 3 rings (SSSR count). The van der Waals surface area contributed by atoms with E-state index in [-0.39, 0.29) is 5.91 Å². The topological polar surface area (TPSA) is 63.2 Å². The van der Waals surface area contributed by atoms with Crippen molar-refractivity contribution in [1.29, 1.82) is 0 Å². The predicted octanol–water partition coefficient (Wildman–Crippen LogP) is 1.75. The van der Waals surface area contributed by atoms with E-state index in [1.54, 1.807) is 0 Å². The van der Waals surface area contributed by atoms with Gasteiger partial charge in [0.2, 0.25) is 5.91 Å². The van der Waals surface area contributed by atoms with Gasteiger partial charge in [0.1, 0.15) is 0 Å². The molecule has 7 heteroatoms. The largest absolute Gasteiger partial charge is 0.356 e. The molecule has 2 heterocycles. The molecule has 1 aromatic carbocycles. The molecule has 1 amide bonds. The lowest BCUT2D eigenvalue weighted by Crippen LogP contribution is -2.48. The Morgan fingerprint density at radius 3 is 2.37 bits per heavy atom. The highest BCUT2D eigenvalue weighted by Gasteiger charge is 2.21. The number of guanidine groups is 1. The van der Waals surface area contributed by atoms with Gasteiger partial charge in [0.05, 0.1) is 0 Å². The van der Waals surface area contributed by atoms with Gasteiger partial charge in [-0.15, -0.1) is 0 Å². The Balaban J connectivity index is 1.37. The molecule has 0 bridgehead atoms. The fourth-order valence-electron chi connectivity index (χ4n) is 4.19. The zero-order valence-electron chi connectivity index (χ0n) is 18.9. The summed E-state index contributed by atoms with van der Waals surface area (Å²) in [5.41, 5.74) is 2.17. The summed E-state index contributed by atoms with van der Waals surface area (Å²) in [6, 6.07) is 8.24. The number of carbonyl (C=O) groups is 1. The van der Waals surface area contributed by atoms with Crippen LogP contribution in [-0.4, -0.2) is 81.1 Å². The number of likely N-dealkylation sites (N-methyl/N-ethyl adjacent to an activating group) is 1. The SMILES string of the molecule is CCN1CCN(CC(C)CNC(=NC)NCc2ccc(N3CCCC3=O)cc2)CC1. The van der Waals surface area contributed by atoms with Crippen LogP contribution in [0.3, 0.4) is 0 Å². The zero-order valence-corrected chi connectivity index (χ0v) is 18.9. The Labute approximate surface area is 181 Å². The van der Waals surface area contributed by atoms with E-state index >= 15 is 0 Å². The number of hydrogen-bond donors (Lipinski definition) is 2. The number of rotatable bonds is 8. The molecule has 2 N–H and O–H groups in total. The standard InChI is InChI=1S/C23H38N6O/c1-4-27-12-14-28(15-13-27)18-19(2)16-25-23(24-3)26-17-20-7-9-21(10-8-20)29-11-5-6-22(29)30/h7-10,19H,4-6,11-18H2,1-3H3,(H2,24,25,26). The van der Waals surface area contributed by atoms with E-state index < -0.39 is 0 Å². The van der Waals surface area contributed by atoms with Crippen molar-refractivity contribution in [3.05, 3.63) is 29.8 Å². The van der Waals surface area contributed by atoms with Gasteiger partial charge in [0, 0.05) is 71.5 Å². The van der Waals surface area contributed by atoms with Crippen LogP contribution in [0.2, 0.25) is 0 Å². The normalized spacial score (nSPS) is 19.9. The van der Waals surface area contributed by atoms with Gasteiger partial charge in [-0.2, -0.15) is 0 Å². The Morgan fingerprint density at radius 1 is 1.07 bits per heavy atom. The Hall–Kier alpha value is -2.12. The van der Waals surface area contributed by atoms with Crippen LogP contribution in [0, 0.1) is 5.92 Å². The molecule has 0 radical (unpaired) electrons. The minimum absolute atomic E-state index is 0.229. The third-order valence-corrected chi connectivity index (χ3v) is 6.10. The summed E-state index contributed by atoms with van der Waals surface area (Å²) in [7, 11) is 1.81. The van der Waals surface area contributed by atoms with Gasteiger partial charge in [-0.1, -0.05) is 26.0 Å². The molecule has 2 saturated heterocycles. The molecular formula is C23H38N6O. The number of amides is 1. The van der Waals surface area contributed by atoms with E-state index in [0.29, 0.717) is 18.9 Å². The lowest BCUT2D eigenvalue weighted by atomic mass is 10.1. The van der Waals surface area contributed by atoms with Crippen LogP contribution in [-0.2, 0) is 11.3 Å². The van der Waals surface area contributed by atoms with Crippen molar-refractivity contribution in [2.75, 3.05) is 64.3 Å². The molecule has 30 heavy (non-hydrogen) atoms. The van der Waals surface area contributed by atoms with Crippen LogP contribution in [0.4, 0.5) is 5.69 Å². The van der Waals surface area contributed by atoms with E-state index in [0.717, 1.165) is 44.2 Å².